The van der Waals surface area contributed by atoms with E-state index in [1.54, 1.807) is 25.3 Å². The van der Waals surface area contributed by atoms with E-state index >= 15 is 0 Å². The lowest BCUT2D eigenvalue weighted by atomic mass is 10.1. The Bertz CT molecular complexity index is 471. The second kappa shape index (κ2) is 6.58. The summed E-state index contributed by atoms with van der Waals surface area (Å²) in [6.07, 6.45) is 1.20. The summed E-state index contributed by atoms with van der Waals surface area (Å²) in [6.45, 7) is 1.79. The van der Waals surface area contributed by atoms with Crippen molar-refractivity contribution in [2.75, 3.05) is 37.8 Å². The minimum absolute atomic E-state index is 0.106. The molecule has 1 heterocycles. The Morgan fingerprint density at radius 1 is 1.50 bits per heavy atom. The minimum Gasteiger partial charge on any atom is -0.495 e. The van der Waals surface area contributed by atoms with Crippen LogP contribution < -0.4 is 15.8 Å². The standard InChI is InChI=1S/C14H21N3O3/c1-20-13-3-2-10(15)8-12(13)16-14(19)9-17-6-4-11(18)5-7-17/h2-3,8,11,18H,4-7,9,15H2,1H3,(H,16,19). The molecule has 0 spiro atoms. The van der Waals surface area contributed by atoms with Crippen LogP contribution in [0, 0.1) is 0 Å². The highest BCUT2D eigenvalue weighted by Gasteiger charge is 2.19. The molecule has 6 nitrogen and oxygen atoms in total. The van der Waals surface area contributed by atoms with Crippen LogP contribution >= 0.6 is 0 Å². The minimum atomic E-state index is -0.233. The highest BCUT2D eigenvalue weighted by molar-refractivity contribution is 5.94. The number of ether oxygens (including phenoxy) is 1. The largest absolute Gasteiger partial charge is 0.495 e. The molecule has 0 bridgehead atoms. The number of piperidine rings is 1. The van der Waals surface area contributed by atoms with Crippen molar-refractivity contribution in [2.45, 2.75) is 18.9 Å². The highest BCUT2D eigenvalue weighted by Crippen LogP contribution is 2.26. The number of aliphatic hydroxyl groups excluding tert-OH is 1. The van der Waals surface area contributed by atoms with E-state index < -0.39 is 0 Å². The van der Waals surface area contributed by atoms with Gasteiger partial charge in [0.2, 0.25) is 5.91 Å². The molecule has 2 rings (SSSR count). The first kappa shape index (κ1) is 14.6. The van der Waals surface area contributed by atoms with Gasteiger partial charge < -0.3 is 20.9 Å². The summed E-state index contributed by atoms with van der Waals surface area (Å²) in [4.78, 5) is 14.1. The van der Waals surface area contributed by atoms with Crippen LogP contribution in [-0.2, 0) is 4.79 Å². The van der Waals surface area contributed by atoms with E-state index in [4.69, 9.17) is 10.5 Å². The van der Waals surface area contributed by atoms with E-state index in [9.17, 15) is 9.90 Å². The van der Waals surface area contributed by atoms with Gasteiger partial charge in [-0.25, -0.2) is 0 Å². The monoisotopic (exact) mass is 279 g/mol. The number of carbonyl (C=O) groups is 1. The zero-order chi connectivity index (χ0) is 14.5. The Balaban J connectivity index is 1.92. The van der Waals surface area contributed by atoms with E-state index in [0.717, 1.165) is 25.9 Å². The van der Waals surface area contributed by atoms with Gasteiger partial charge in [0.15, 0.2) is 0 Å². The Kier molecular flexibility index (Phi) is 4.81. The fraction of sp³-hybridized carbons (Fsp3) is 0.500. The maximum atomic E-state index is 12.0. The molecule has 0 aromatic heterocycles. The normalized spacial score (nSPS) is 16.9. The van der Waals surface area contributed by atoms with Gasteiger partial charge in [0.05, 0.1) is 25.4 Å². The lowest BCUT2D eigenvalue weighted by molar-refractivity contribution is -0.117. The van der Waals surface area contributed by atoms with E-state index in [1.807, 2.05) is 4.90 Å². The fourth-order valence-electron chi connectivity index (χ4n) is 2.29. The van der Waals surface area contributed by atoms with Crippen molar-refractivity contribution >= 4 is 17.3 Å². The lowest BCUT2D eigenvalue weighted by Gasteiger charge is -2.28. The molecule has 0 atom stereocenters. The van der Waals surface area contributed by atoms with Gasteiger partial charge >= 0.3 is 0 Å². The van der Waals surface area contributed by atoms with Crippen LogP contribution in [-0.4, -0.2) is 48.8 Å². The number of likely N-dealkylation sites (tertiary alicyclic amines) is 1. The second-order valence-corrected chi connectivity index (χ2v) is 5.02. The summed E-state index contributed by atoms with van der Waals surface area (Å²) in [5.74, 6) is 0.479. The molecule has 0 radical (unpaired) electrons. The van der Waals surface area contributed by atoms with Crippen LogP contribution in [0.2, 0.25) is 0 Å². The van der Waals surface area contributed by atoms with E-state index in [1.165, 1.54) is 0 Å². The third-order valence-corrected chi connectivity index (χ3v) is 3.42. The molecular formula is C14H21N3O3. The van der Waals surface area contributed by atoms with Crippen molar-refractivity contribution in [1.82, 2.24) is 4.90 Å². The third-order valence-electron chi connectivity index (χ3n) is 3.42. The van der Waals surface area contributed by atoms with E-state index in [0.29, 0.717) is 23.7 Å². The SMILES string of the molecule is COc1ccc(N)cc1NC(=O)CN1CCC(O)CC1. The molecule has 6 heteroatoms. The van der Waals surface area contributed by atoms with Crippen molar-refractivity contribution in [2.24, 2.45) is 0 Å². The van der Waals surface area contributed by atoms with Crippen LogP contribution in [0.5, 0.6) is 5.75 Å². The van der Waals surface area contributed by atoms with Gasteiger partial charge in [-0.1, -0.05) is 0 Å². The highest BCUT2D eigenvalue weighted by atomic mass is 16.5. The van der Waals surface area contributed by atoms with Gasteiger partial charge in [0.25, 0.3) is 0 Å². The first-order valence-corrected chi connectivity index (χ1v) is 6.72. The number of carbonyl (C=O) groups excluding carboxylic acids is 1. The average Bonchev–Trinajstić information content (AvgIpc) is 2.41. The number of methoxy groups -OCH3 is 1. The summed E-state index contributed by atoms with van der Waals surface area (Å²) < 4.78 is 5.19. The maximum absolute atomic E-state index is 12.0. The molecule has 1 amide bonds. The zero-order valence-corrected chi connectivity index (χ0v) is 11.6. The number of amides is 1. The summed E-state index contributed by atoms with van der Waals surface area (Å²) in [6, 6.07) is 5.12. The molecule has 110 valence electrons. The smallest absolute Gasteiger partial charge is 0.238 e. The number of benzene rings is 1. The van der Waals surface area contributed by atoms with Crippen molar-refractivity contribution < 1.29 is 14.6 Å². The van der Waals surface area contributed by atoms with Gasteiger partial charge in [-0.2, -0.15) is 0 Å². The molecule has 1 aliphatic rings. The lowest BCUT2D eigenvalue weighted by Crippen LogP contribution is -2.40. The van der Waals surface area contributed by atoms with Gasteiger partial charge in [0, 0.05) is 18.8 Å². The molecule has 4 N–H and O–H groups in total. The first-order chi connectivity index (χ1) is 9.58. The van der Waals surface area contributed by atoms with Crippen LogP contribution in [0.25, 0.3) is 0 Å². The number of hydrogen-bond acceptors (Lipinski definition) is 5. The Morgan fingerprint density at radius 2 is 2.20 bits per heavy atom. The van der Waals surface area contributed by atoms with Crippen LogP contribution in [0.3, 0.4) is 0 Å². The topological polar surface area (TPSA) is 87.8 Å². The second-order valence-electron chi connectivity index (χ2n) is 5.02. The van der Waals surface area contributed by atoms with E-state index in [2.05, 4.69) is 5.32 Å². The first-order valence-electron chi connectivity index (χ1n) is 6.72. The maximum Gasteiger partial charge on any atom is 0.238 e. The number of nitrogen functional groups attached to an aromatic ring is 1. The number of nitrogens with one attached hydrogen (secondary N) is 1. The van der Waals surface area contributed by atoms with Crippen molar-refractivity contribution in [3.05, 3.63) is 18.2 Å². The molecule has 1 fully saturated rings. The van der Waals surface area contributed by atoms with Gasteiger partial charge in [-0.3, -0.25) is 9.69 Å². The van der Waals surface area contributed by atoms with Crippen LogP contribution in [0.1, 0.15) is 12.8 Å². The zero-order valence-electron chi connectivity index (χ0n) is 11.6. The predicted molar refractivity (Wildman–Crippen MR) is 77.7 cm³/mol. The molecule has 1 aromatic carbocycles. The number of anilines is 2. The van der Waals surface area contributed by atoms with Crippen molar-refractivity contribution in [3.8, 4) is 5.75 Å². The number of rotatable bonds is 4. The average molecular weight is 279 g/mol. The molecule has 0 unspecified atom stereocenters. The molecule has 1 saturated heterocycles. The molecular weight excluding hydrogens is 258 g/mol. The van der Waals surface area contributed by atoms with Gasteiger partial charge in [-0.15, -0.1) is 0 Å². The molecule has 1 aromatic rings. The summed E-state index contributed by atoms with van der Waals surface area (Å²) >= 11 is 0. The Morgan fingerprint density at radius 3 is 2.85 bits per heavy atom. The quantitative estimate of drug-likeness (QED) is 0.705. The van der Waals surface area contributed by atoms with Gasteiger partial charge in [0.1, 0.15) is 5.75 Å². The Hall–Kier alpha value is -1.79. The number of hydrogen-bond donors (Lipinski definition) is 3. The summed E-state index contributed by atoms with van der Waals surface area (Å²) in [5.41, 5.74) is 6.86. The molecule has 1 aliphatic heterocycles. The summed E-state index contributed by atoms with van der Waals surface area (Å²) in [7, 11) is 1.55. The Labute approximate surface area is 118 Å². The molecule has 0 saturated carbocycles. The van der Waals surface area contributed by atoms with Crippen LogP contribution in [0.15, 0.2) is 18.2 Å². The van der Waals surface area contributed by atoms with E-state index in [-0.39, 0.29) is 12.0 Å². The third kappa shape index (κ3) is 3.85. The molecule has 0 aliphatic carbocycles. The molecule has 20 heavy (non-hydrogen) atoms. The predicted octanol–water partition coefficient (Wildman–Crippen LogP) is 0.673. The van der Waals surface area contributed by atoms with Crippen molar-refractivity contribution in [1.29, 1.82) is 0 Å². The summed E-state index contributed by atoms with van der Waals surface area (Å²) in [5, 5.41) is 12.3. The number of nitrogens with zero attached hydrogens (tertiary/aromatic N) is 1. The van der Waals surface area contributed by atoms with Gasteiger partial charge in [-0.05, 0) is 31.0 Å². The number of nitrogens with two attached hydrogens (primary N) is 1. The van der Waals surface area contributed by atoms with Crippen molar-refractivity contribution in [3.63, 3.8) is 0 Å². The van der Waals surface area contributed by atoms with Crippen LogP contribution in [0.4, 0.5) is 11.4 Å². The number of aliphatic hydroxyl groups is 1. The fourth-order valence-corrected chi connectivity index (χ4v) is 2.29.